The Labute approximate surface area is 129 Å². The first-order valence-corrected chi connectivity index (χ1v) is 7.40. The second-order valence-corrected chi connectivity index (χ2v) is 5.79. The lowest BCUT2D eigenvalue weighted by molar-refractivity contribution is -0.139. The number of hydrogen-bond donors (Lipinski definition) is 3. The molecule has 0 aliphatic heterocycles. The summed E-state index contributed by atoms with van der Waals surface area (Å²) in [7, 11) is 0. The Balaban J connectivity index is 1.67. The smallest absolute Gasteiger partial charge is 0.321 e. The van der Waals surface area contributed by atoms with Gasteiger partial charge in [0.1, 0.15) is 11.6 Å². The first-order chi connectivity index (χ1) is 10.6. The fourth-order valence-electron chi connectivity index (χ4n) is 2.81. The first-order valence-electron chi connectivity index (χ1n) is 7.40. The van der Waals surface area contributed by atoms with E-state index in [0.29, 0.717) is 12.8 Å². The van der Waals surface area contributed by atoms with E-state index in [0.717, 1.165) is 11.1 Å². The highest BCUT2D eigenvalue weighted by molar-refractivity contribution is 5.74. The molecule has 3 unspecified atom stereocenters. The van der Waals surface area contributed by atoms with Crippen molar-refractivity contribution in [2.75, 3.05) is 0 Å². The van der Waals surface area contributed by atoms with Gasteiger partial charge in [0.25, 0.3) is 0 Å². The van der Waals surface area contributed by atoms with Crippen LogP contribution in [0.4, 0.5) is 0 Å². The van der Waals surface area contributed by atoms with Gasteiger partial charge in [-0.05, 0) is 17.5 Å². The standard InChI is InChI=1S/C18H19NO3/c20-17(21)15(11-13-7-3-1-4-8-13)19-16-12-18(16,22)14-9-5-2-6-10-14/h1-10,15-16,19,22H,11-12H2,(H,20,21). The molecule has 3 N–H and O–H groups in total. The quantitative estimate of drug-likeness (QED) is 0.762. The molecule has 3 atom stereocenters. The number of aliphatic hydroxyl groups is 1. The van der Waals surface area contributed by atoms with Gasteiger partial charge >= 0.3 is 5.97 Å². The molecule has 22 heavy (non-hydrogen) atoms. The van der Waals surface area contributed by atoms with Gasteiger partial charge in [0.15, 0.2) is 0 Å². The number of rotatable bonds is 6. The lowest BCUT2D eigenvalue weighted by Gasteiger charge is -2.17. The lowest BCUT2D eigenvalue weighted by Crippen LogP contribution is -2.42. The SMILES string of the molecule is O=C(O)C(Cc1ccccc1)NC1CC1(O)c1ccccc1. The van der Waals surface area contributed by atoms with E-state index in [1.165, 1.54) is 0 Å². The van der Waals surface area contributed by atoms with Gasteiger partial charge < -0.3 is 10.2 Å². The number of carboxylic acids is 1. The topological polar surface area (TPSA) is 69.6 Å². The van der Waals surface area contributed by atoms with Crippen LogP contribution in [-0.2, 0) is 16.8 Å². The normalized spacial score (nSPS) is 24.7. The molecule has 2 aromatic rings. The van der Waals surface area contributed by atoms with E-state index in [2.05, 4.69) is 5.32 Å². The van der Waals surface area contributed by atoms with E-state index in [1.807, 2.05) is 60.7 Å². The summed E-state index contributed by atoms with van der Waals surface area (Å²) in [4.78, 5) is 11.5. The average Bonchev–Trinajstić information content (AvgIpc) is 3.20. The van der Waals surface area contributed by atoms with E-state index < -0.39 is 17.6 Å². The van der Waals surface area contributed by atoms with E-state index in [9.17, 15) is 15.0 Å². The van der Waals surface area contributed by atoms with Gasteiger partial charge in [-0.25, -0.2) is 0 Å². The molecule has 1 aliphatic carbocycles. The Hall–Kier alpha value is -2.17. The van der Waals surface area contributed by atoms with Gasteiger partial charge in [0.2, 0.25) is 0 Å². The summed E-state index contributed by atoms with van der Waals surface area (Å²) in [6, 6.07) is 18.0. The second kappa shape index (κ2) is 5.91. The Bertz CT molecular complexity index is 644. The third-order valence-corrected chi connectivity index (χ3v) is 4.19. The summed E-state index contributed by atoms with van der Waals surface area (Å²) in [5, 5.41) is 23.1. The molecule has 0 heterocycles. The Kier molecular flexibility index (Phi) is 3.96. The Morgan fingerprint density at radius 3 is 2.32 bits per heavy atom. The molecular weight excluding hydrogens is 278 g/mol. The predicted molar refractivity (Wildman–Crippen MR) is 83.4 cm³/mol. The highest BCUT2D eigenvalue weighted by Gasteiger charge is 2.55. The molecule has 0 bridgehead atoms. The Morgan fingerprint density at radius 2 is 1.73 bits per heavy atom. The molecule has 114 valence electrons. The van der Waals surface area contributed by atoms with Crippen molar-refractivity contribution in [1.29, 1.82) is 0 Å². The molecule has 0 aromatic heterocycles. The van der Waals surface area contributed by atoms with E-state index in [-0.39, 0.29) is 6.04 Å². The molecule has 2 aromatic carbocycles. The van der Waals surface area contributed by atoms with Crippen LogP contribution in [0.25, 0.3) is 0 Å². The van der Waals surface area contributed by atoms with Gasteiger partial charge in [0, 0.05) is 12.5 Å². The summed E-state index contributed by atoms with van der Waals surface area (Å²) in [5.74, 6) is -0.897. The largest absolute Gasteiger partial charge is 0.480 e. The fraction of sp³-hybridized carbons (Fsp3) is 0.278. The van der Waals surface area contributed by atoms with Gasteiger partial charge in [-0.2, -0.15) is 0 Å². The van der Waals surface area contributed by atoms with Crippen LogP contribution in [0.5, 0.6) is 0 Å². The van der Waals surface area contributed by atoms with Crippen molar-refractivity contribution in [3.05, 3.63) is 71.8 Å². The van der Waals surface area contributed by atoms with Gasteiger partial charge in [0.05, 0.1) is 0 Å². The monoisotopic (exact) mass is 297 g/mol. The van der Waals surface area contributed by atoms with Crippen LogP contribution in [0.15, 0.2) is 60.7 Å². The first kappa shape index (κ1) is 14.8. The van der Waals surface area contributed by atoms with Crippen LogP contribution in [0.1, 0.15) is 17.5 Å². The van der Waals surface area contributed by atoms with Crippen molar-refractivity contribution in [1.82, 2.24) is 5.32 Å². The maximum absolute atomic E-state index is 11.5. The minimum atomic E-state index is -0.953. The number of aliphatic carboxylic acids is 1. The van der Waals surface area contributed by atoms with Crippen LogP contribution in [0, 0.1) is 0 Å². The zero-order valence-electron chi connectivity index (χ0n) is 12.1. The van der Waals surface area contributed by atoms with Crippen LogP contribution in [-0.4, -0.2) is 28.3 Å². The van der Waals surface area contributed by atoms with E-state index in [1.54, 1.807) is 0 Å². The van der Waals surface area contributed by atoms with Crippen molar-refractivity contribution < 1.29 is 15.0 Å². The van der Waals surface area contributed by atoms with Crippen molar-refractivity contribution in [3.63, 3.8) is 0 Å². The Morgan fingerprint density at radius 1 is 1.14 bits per heavy atom. The predicted octanol–water partition coefficient (Wildman–Crippen LogP) is 1.93. The number of carboxylic acid groups (broad SMARTS) is 1. The minimum absolute atomic E-state index is 0.222. The molecule has 4 heteroatoms. The number of carbonyl (C=O) groups is 1. The van der Waals surface area contributed by atoms with Crippen LogP contribution in [0.2, 0.25) is 0 Å². The summed E-state index contributed by atoms with van der Waals surface area (Å²) in [5.41, 5.74) is 0.841. The number of hydrogen-bond acceptors (Lipinski definition) is 3. The lowest BCUT2D eigenvalue weighted by atomic mass is 10.0. The van der Waals surface area contributed by atoms with Crippen LogP contribution in [0.3, 0.4) is 0 Å². The molecule has 1 saturated carbocycles. The molecular formula is C18H19NO3. The summed E-state index contributed by atoms with van der Waals surface area (Å²) in [6.45, 7) is 0. The van der Waals surface area contributed by atoms with Crippen LogP contribution >= 0.6 is 0 Å². The van der Waals surface area contributed by atoms with Gasteiger partial charge in [-0.3, -0.25) is 10.1 Å². The zero-order chi connectivity index (χ0) is 15.6. The molecule has 0 radical (unpaired) electrons. The van der Waals surface area contributed by atoms with Gasteiger partial charge in [-0.15, -0.1) is 0 Å². The van der Waals surface area contributed by atoms with E-state index >= 15 is 0 Å². The second-order valence-electron chi connectivity index (χ2n) is 5.79. The van der Waals surface area contributed by atoms with Crippen molar-refractivity contribution >= 4 is 5.97 Å². The maximum atomic E-state index is 11.5. The molecule has 3 rings (SSSR count). The third kappa shape index (κ3) is 3.03. The zero-order valence-corrected chi connectivity index (χ0v) is 12.1. The fourth-order valence-corrected chi connectivity index (χ4v) is 2.81. The van der Waals surface area contributed by atoms with E-state index in [4.69, 9.17) is 0 Å². The van der Waals surface area contributed by atoms with Crippen LogP contribution < -0.4 is 5.32 Å². The highest BCUT2D eigenvalue weighted by Crippen LogP contribution is 2.45. The summed E-state index contributed by atoms with van der Waals surface area (Å²) >= 11 is 0. The summed E-state index contributed by atoms with van der Waals surface area (Å²) in [6.07, 6.45) is 0.938. The third-order valence-electron chi connectivity index (χ3n) is 4.19. The molecule has 0 saturated heterocycles. The molecule has 4 nitrogen and oxygen atoms in total. The summed E-state index contributed by atoms with van der Waals surface area (Å²) < 4.78 is 0. The highest BCUT2D eigenvalue weighted by atomic mass is 16.4. The number of benzene rings is 2. The van der Waals surface area contributed by atoms with Gasteiger partial charge in [-0.1, -0.05) is 60.7 Å². The number of nitrogens with one attached hydrogen (secondary N) is 1. The average molecular weight is 297 g/mol. The molecule has 1 aliphatic rings. The van der Waals surface area contributed by atoms with Crippen molar-refractivity contribution in [2.45, 2.75) is 30.5 Å². The minimum Gasteiger partial charge on any atom is -0.480 e. The molecule has 1 fully saturated rings. The van der Waals surface area contributed by atoms with Crippen molar-refractivity contribution in [2.24, 2.45) is 0 Å². The maximum Gasteiger partial charge on any atom is 0.321 e. The molecule has 0 amide bonds. The van der Waals surface area contributed by atoms with Crippen molar-refractivity contribution in [3.8, 4) is 0 Å². The molecule has 0 spiro atoms.